The van der Waals surface area contributed by atoms with E-state index in [0.717, 1.165) is 17.8 Å². The Morgan fingerprint density at radius 3 is 2.47 bits per heavy atom. The van der Waals surface area contributed by atoms with Crippen LogP contribution in [-0.2, 0) is 4.79 Å². The van der Waals surface area contributed by atoms with Crippen molar-refractivity contribution in [3.05, 3.63) is 23.5 Å². The SMILES string of the molecule is CCC(N)CC(=O)Nn1c(C)ccc1C. The Hall–Kier alpha value is -1.29. The van der Waals surface area contributed by atoms with Crippen molar-refractivity contribution in [3.8, 4) is 0 Å². The highest BCUT2D eigenvalue weighted by Crippen LogP contribution is 2.04. The molecule has 0 aliphatic carbocycles. The molecule has 1 aromatic rings. The third-order valence-electron chi connectivity index (χ3n) is 2.48. The van der Waals surface area contributed by atoms with Crippen LogP contribution < -0.4 is 11.2 Å². The smallest absolute Gasteiger partial charge is 0.240 e. The van der Waals surface area contributed by atoms with Crippen LogP contribution >= 0.6 is 0 Å². The summed E-state index contributed by atoms with van der Waals surface area (Å²) in [7, 11) is 0. The minimum absolute atomic E-state index is 0.0354. The average Bonchev–Trinajstić information content (AvgIpc) is 2.49. The van der Waals surface area contributed by atoms with Crippen LogP contribution in [0, 0.1) is 13.8 Å². The Morgan fingerprint density at radius 1 is 1.47 bits per heavy atom. The molecule has 4 nitrogen and oxygen atoms in total. The lowest BCUT2D eigenvalue weighted by molar-refractivity contribution is -0.117. The number of rotatable bonds is 4. The zero-order valence-electron chi connectivity index (χ0n) is 9.58. The summed E-state index contributed by atoms with van der Waals surface area (Å²) in [5.41, 5.74) is 10.6. The Kier molecular flexibility index (Phi) is 3.91. The minimum Gasteiger partial charge on any atom is -0.327 e. The monoisotopic (exact) mass is 209 g/mol. The van der Waals surface area contributed by atoms with Crippen LogP contribution in [0.5, 0.6) is 0 Å². The summed E-state index contributed by atoms with van der Waals surface area (Å²) in [6, 6.07) is 3.88. The normalized spacial score (nSPS) is 12.5. The number of carbonyl (C=O) groups is 1. The Morgan fingerprint density at radius 2 is 2.00 bits per heavy atom. The van der Waals surface area contributed by atoms with Crippen LogP contribution in [0.4, 0.5) is 0 Å². The summed E-state index contributed by atoms with van der Waals surface area (Å²) in [5, 5.41) is 0. The molecule has 0 saturated carbocycles. The quantitative estimate of drug-likeness (QED) is 0.785. The van der Waals surface area contributed by atoms with E-state index < -0.39 is 0 Å². The highest BCUT2D eigenvalue weighted by atomic mass is 16.2. The van der Waals surface area contributed by atoms with Gasteiger partial charge in [0.1, 0.15) is 0 Å². The average molecular weight is 209 g/mol. The van der Waals surface area contributed by atoms with Crippen LogP contribution in [-0.4, -0.2) is 16.6 Å². The van der Waals surface area contributed by atoms with Crippen molar-refractivity contribution in [2.75, 3.05) is 5.43 Å². The van der Waals surface area contributed by atoms with Crippen molar-refractivity contribution in [1.29, 1.82) is 0 Å². The summed E-state index contributed by atoms with van der Waals surface area (Å²) in [6.45, 7) is 5.88. The molecule has 1 aromatic heterocycles. The maximum absolute atomic E-state index is 11.6. The third kappa shape index (κ3) is 3.09. The van der Waals surface area contributed by atoms with Crippen molar-refractivity contribution in [1.82, 2.24) is 4.68 Å². The first kappa shape index (κ1) is 11.8. The van der Waals surface area contributed by atoms with Gasteiger partial charge in [0.25, 0.3) is 0 Å². The molecule has 0 aromatic carbocycles. The molecule has 0 aliphatic rings. The van der Waals surface area contributed by atoms with E-state index in [1.165, 1.54) is 0 Å². The van der Waals surface area contributed by atoms with Gasteiger partial charge in [-0.1, -0.05) is 6.92 Å². The Bertz CT molecular complexity index is 324. The summed E-state index contributed by atoms with van der Waals surface area (Å²) in [4.78, 5) is 11.6. The van der Waals surface area contributed by atoms with E-state index in [2.05, 4.69) is 5.43 Å². The summed E-state index contributed by atoms with van der Waals surface area (Å²) < 4.78 is 1.78. The Balaban J connectivity index is 2.59. The van der Waals surface area contributed by atoms with Crippen molar-refractivity contribution < 1.29 is 4.79 Å². The fourth-order valence-electron chi connectivity index (χ4n) is 1.40. The lowest BCUT2D eigenvalue weighted by Gasteiger charge is -2.13. The van der Waals surface area contributed by atoms with Gasteiger partial charge in [-0.15, -0.1) is 0 Å². The van der Waals surface area contributed by atoms with Gasteiger partial charge in [0.15, 0.2) is 0 Å². The summed E-state index contributed by atoms with van der Waals surface area (Å²) in [5.74, 6) is -0.0354. The third-order valence-corrected chi connectivity index (χ3v) is 2.48. The van der Waals surface area contributed by atoms with Crippen LogP contribution in [0.15, 0.2) is 12.1 Å². The molecule has 0 aliphatic heterocycles. The number of aryl methyl sites for hydroxylation is 2. The van der Waals surface area contributed by atoms with Gasteiger partial charge in [0.05, 0.1) is 0 Å². The number of aromatic nitrogens is 1. The first-order chi connectivity index (χ1) is 7.04. The number of hydrogen-bond donors (Lipinski definition) is 2. The number of hydrogen-bond acceptors (Lipinski definition) is 2. The minimum atomic E-state index is -0.0545. The molecule has 1 amide bonds. The van der Waals surface area contributed by atoms with Gasteiger partial charge < -0.3 is 5.73 Å². The summed E-state index contributed by atoms with van der Waals surface area (Å²) >= 11 is 0. The molecule has 0 radical (unpaired) electrons. The van der Waals surface area contributed by atoms with Gasteiger partial charge >= 0.3 is 0 Å². The maximum atomic E-state index is 11.6. The zero-order chi connectivity index (χ0) is 11.4. The van der Waals surface area contributed by atoms with Gasteiger partial charge in [-0.2, -0.15) is 0 Å². The lowest BCUT2D eigenvalue weighted by atomic mass is 10.2. The van der Waals surface area contributed by atoms with Crippen LogP contribution in [0.25, 0.3) is 0 Å². The van der Waals surface area contributed by atoms with Crippen LogP contribution in [0.1, 0.15) is 31.2 Å². The fraction of sp³-hybridized carbons (Fsp3) is 0.545. The van der Waals surface area contributed by atoms with Gasteiger partial charge in [-0.3, -0.25) is 14.9 Å². The van der Waals surface area contributed by atoms with E-state index in [1.807, 2.05) is 32.9 Å². The van der Waals surface area contributed by atoms with Crippen molar-refractivity contribution in [2.45, 2.75) is 39.7 Å². The van der Waals surface area contributed by atoms with E-state index in [4.69, 9.17) is 5.73 Å². The van der Waals surface area contributed by atoms with Crippen molar-refractivity contribution in [3.63, 3.8) is 0 Å². The molecule has 1 unspecified atom stereocenters. The van der Waals surface area contributed by atoms with E-state index in [0.29, 0.717) is 6.42 Å². The van der Waals surface area contributed by atoms with E-state index >= 15 is 0 Å². The van der Waals surface area contributed by atoms with Gasteiger partial charge in [0, 0.05) is 23.9 Å². The highest BCUT2D eigenvalue weighted by molar-refractivity contribution is 5.84. The molecule has 1 atom stereocenters. The van der Waals surface area contributed by atoms with Gasteiger partial charge in [-0.25, -0.2) is 0 Å². The van der Waals surface area contributed by atoms with Gasteiger partial charge in [0.2, 0.25) is 5.91 Å². The van der Waals surface area contributed by atoms with Crippen molar-refractivity contribution >= 4 is 5.91 Å². The summed E-state index contributed by atoms with van der Waals surface area (Å²) in [6.07, 6.45) is 1.19. The molecule has 1 heterocycles. The molecule has 15 heavy (non-hydrogen) atoms. The first-order valence-corrected chi connectivity index (χ1v) is 5.25. The van der Waals surface area contributed by atoms with E-state index in [9.17, 15) is 4.79 Å². The van der Waals surface area contributed by atoms with Crippen LogP contribution in [0.3, 0.4) is 0 Å². The van der Waals surface area contributed by atoms with E-state index in [-0.39, 0.29) is 11.9 Å². The second-order valence-electron chi connectivity index (χ2n) is 3.86. The van der Waals surface area contributed by atoms with Crippen LogP contribution in [0.2, 0.25) is 0 Å². The molecular formula is C11H19N3O. The first-order valence-electron chi connectivity index (χ1n) is 5.25. The molecular weight excluding hydrogens is 190 g/mol. The number of nitrogens with zero attached hydrogens (tertiary/aromatic N) is 1. The Labute approximate surface area is 90.4 Å². The predicted molar refractivity (Wildman–Crippen MR) is 61.2 cm³/mol. The predicted octanol–water partition coefficient (Wildman–Crippen LogP) is 1.30. The second kappa shape index (κ2) is 4.98. The second-order valence-corrected chi connectivity index (χ2v) is 3.86. The zero-order valence-corrected chi connectivity index (χ0v) is 9.58. The van der Waals surface area contributed by atoms with E-state index in [1.54, 1.807) is 4.68 Å². The molecule has 3 N–H and O–H groups in total. The molecule has 0 spiro atoms. The number of carbonyl (C=O) groups excluding carboxylic acids is 1. The number of nitrogens with one attached hydrogen (secondary N) is 1. The maximum Gasteiger partial charge on any atom is 0.240 e. The topological polar surface area (TPSA) is 60.1 Å². The van der Waals surface area contributed by atoms with Gasteiger partial charge in [-0.05, 0) is 32.4 Å². The molecule has 4 heteroatoms. The highest BCUT2D eigenvalue weighted by Gasteiger charge is 2.09. The fourth-order valence-corrected chi connectivity index (χ4v) is 1.40. The standard InChI is InChI=1S/C11H19N3O/c1-4-10(12)7-11(15)13-14-8(2)5-6-9(14)3/h5-6,10H,4,7,12H2,1-3H3,(H,13,15). The van der Waals surface area contributed by atoms with Crippen molar-refractivity contribution in [2.24, 2.45) is 5.73 Å². The molecule has 84 valence electrons. The number of amides is 1. The lowest BCUT2D eigenvalue weighted by Crippen LogP contribution is -2.31. The molecule has 0 bridgehead atoms. The molecule has 0 saturated heterocycles. The molecule has 1 rings (SSSR count). The molecule has 0 fully saturated rings. The largest absolute Gasteiger partial charge is 0.327 e. The number of nitrogens with two attached hydrogens (primary N) is 1.